The predicted octanol–water partition coefficient (Wildman–Crippen LogP) is 3.04. The number of rotatable bonds is 5. The van der Waals surface area contributed by atoms with E-state index in [-0.39, 0.29) is 29.0 Å². The molecule has 2 atom stereocenters. The van der Waals surface area contributed by atoms with Gasteiger partial charge in [-0.1, -0.05) is 19.9 Å². The maximum atomic E-state index is 14.2. The molecule has 1 aliphatic heterocycles. The van der Waals surface area contributed by atoms with Crippen molar-refractivity contribution in [2.24, 2.45) is 5.92 Å². The molecule has 2 rings (SSSR count). The van der Waals surface area contributed by atoms with Crippen LogP contribution >= 0.6 is 11.8 Å². The minimum atomic E-state index is -0.701. The molecule has 1 heterocycles. The van der Waals surface area contributed by atoms with Crippen LogP contribution in [0.4, 0.5) is 8.78 Å². The largest absolute Gasteiger partial charge is 0.347 e. The van der Waals surface area contributed by atoms with E-state index in [1.54, 1.807) is 14.1 Å². The highest BCUT2D eigenvalue weighted by Crippen LogP contribution is 2.42. The van der Waals surface area contributed by atoms with E-state index in [9.17, 15) is 18.4 Å². The Labute approximate surface area is 145 Å². The van der Waals surface area contributed by atoms with Gasteiger partial charge in [0.1, 0.15) is 23.1 Å². The van der Waals surface area contributed by atoms with Gasteiger partial charge in [-0.25, -0.2) is 8.78 Å². The Kier molecular flexibility index (Phi) is 5.85. The molecule has 2 amide bonds. The van der Waals surface area contributed by atoms with Gasteiger partial charge >= 0.3 is 0 Å². The molecular formula is C17H22F2N2O2S. The van der Waals surface area contributed by atoms with Crippen molar-refractivity contribution in [3.63, 3.8) is 0 Å². The minimum absolute atomic E-state index is 0.177. The fraction of sp³-hybridized carbons (Fsp3) is 0.529. The number of hydrogen-bond donors (Lipinski definition) is 0. The highest BCUT2D eigenvalue weighted by molar-refractivity contribution is 8.00. The van der Waals surface area contributed by atoms with E-state index in [1.165, 1.54) is 33.7 Å². The molecule has 4 nitrogen and oxygen atoms in total. The van der Waals surface area contributed by atoms with Crippen LogP contribution in [-0.4, -0.2) is 47.5 Å². The van der Waals surface area contributed by atoms with Crippen molar-refractivity contribution in [3.8, 4) is 0 Å². The molecule has 1 aliphatic rings. The second-order valence-corrected chi connectivity index (χ2v) is 7.58. The first kappa shape index (κ1) is 18.7. The van der Waals surface area contributed by atoms with Crippen molar-refractivity contribution >= 4 is 23.6 Å². The number of carbonyl (C=O) groups excluding carboxylic acids is 2. The SMILES string of the molecule is CC(C)CC(C(=O)N(C)C)N1C(=O)CSC1c1ccc(F)cc1F. The molecule has 0 spiro atoms. The van der Waals surface area contributed by atoms with E-state index >= 15 is 0 Å². The quantitative estimate of drug-likeness (QED) is 0.814. The number of halogens is 2. The van der Waals surface area contributed by atoms with Crippen LogP contribution in [0.1, 0.15) is 31.2 Å². The molecule has 1 aromatic rings. The van der Waals surface area contributed by atoms with Crippen LogP contribution in [-0.2, 0) is 9.59 Å². The van der Waals surface area contributed by atoms with Crippen LogP contribution in [0.3, 0.4) is 0 Å². The zero-order valence-corrected chi connectivity index (χ0v) is 15.1. The van der Waals surface area contributed by atoms with Gasteiger partial charge in [0.05, 0.1) is 5.75 Å². The standard InChI is InChI=1S/C17H22F2N2O2S/c1-10(2)7-14(16(23)20(3)4)21-15(22)9-24-17(21)12-6-5-11(18)8-13(12)19/h5-6,8,10,14,17H,7,9H2,1-4H3. The molecule has 132 valence electrons. The van der Waals surface area contributed by atoms with Gasteiger partial charge in [0.25, 0.3) is 0 Å². The van der Waals surface area contributed by atoms with E-state index in [0.29, 0.717) is 6.42 Å². The van der Waals surface area contributed by atoms with Crippen molar-refractivity contribution in [3.05, 3.63) is 35.4 Å². The first-order valence-electron chi connectivity index (χ1n) is 7.81. The molecule has 7 heteroatoms. The number of benzene rings is 1. The summed E-state index contributed by atoms with van der Waals surface area (Å²) in [5, 5.41) is -0.620. The molecule has 0 N–H and O–H groups in total. The molecular weight excluding hydrogens is 334 g/mol. The van der Waals surface area contributed by atoms with Crippen molar-refractivity contribution in [2.45, 2.75) is 31.7 Å². The van der Waals surface area contributed by atoms with E-state index in [0.717, 1.165) is 6.07 Å². The Morgan fingerprint density at radius 2 is 2.04 bits per heavy atom. The Hall–Kier alpha value is -1.63. The van der Waals surface area contributed by atoms with Crippen LogP contribution in [0.25, 0.3) is 0 Å². The van der Waals surface area contributed by atoms with Crippen LogP contribution in [0.5, 0.6) is 0 Å². The fourth-order valence-corrected chi connectivity index (χ4v) is 4.04. The maximum absolute atomic E-state index is 14.2. The second kappa shape index (κ2) is 7.51. The normalized spacial score (nSPS) is 19.0. The number of nitrogens with zero attached hydrogens (tertiary/aromatic N) is 2. The summed E-state index contributed by atoms with van der Waals surface area (Å²) >= 11 is 1.26. The Morgan fingerprint density at radius 1 is 1.38 bits per heavy atom. The van der Waals surface area contributed by atoms with E-state index in [2.05, 4.69) is 0 Å². The van der Waals surface area contributed by atoms with Gasteiger partial charge in [-0.3, -0.25) is 9.59 Å². The molecule has 1 aromatic carbocycles. The first-order chi connectivity index (χ1) is 11.2. The molecule has 0 saturated carbocycles. The van der Waals surface area contributed by atoms with Crippen LogP contribution in [0.15, 0.2) is 18.2 Å². The summed E-state index contributed by atoms with van der Waals surface area (Å²) < 4.78 is 27.4. The second-order valence-electron chi connectivity index (χ2n) is 6.51. The third-order valence-electron chi connectivity index (χ3n) is 3.89. The van der Waals surface area contributed by atoms with Crippen molar-refractivity contribution in [1.29, 1.82) is 0 Å². The summed E-state index contributed by atoms with van der Waals surface area (Å²) in [7, 11) is 3.27. The summed E-state index contributed by atoms with van der Waals surface area (Å²) in [5.41, 5.74) is 0.229. The van der Waals surface area contributed by atoms with Crippen molar-refractivity contribution in [1.82, 2.24) is 9.80 Å². The van der Waals surface area contributed by atoms with E-state index in [4.69, 9.17) is 0 Å². The van der Waals surface area contributed by atoms with Crippen molar-refractivity contribution in [2.75, 3.05) is 19.8 Å². The monoisotopic (exact) mass is 356 g/mol. The summed E-state index contributed by atoms with van der Waals surface area (Å²) in [5.74, 6) is -1.39. The molecule has 1 fully saturated rings. The summed E-state index contributed by atoms with van der Waals surface area (Å²) in [6, 6.07) is 2.67. The molecule has 0 aliphatic carbocycles. The van der Waals surface area contributed by atoms with Gasteiger partial charge in [0.15, 0.2) is 0 Å². The van der Waals surface area contributed by atoms with Gasteiger partial charge in [-0.2, -0.15) is 0 Å². The topological polar surface area (TPSA) is 40.6 Å². The number of hydrogen-bond acceptors (Lipinski definition) is 3. The Morgan fingerprint density at radius 3 is 2.58 bits per heavy atom. The fourth-order valence-electron chi connectivity index (χ4n) is 2.79. The lowest BCUT2D eigenvalue weighted by molar-refractivity contribution is -0.143. The lowest BCUT2D eigenvalue weighted by atomic mass is 10.00. The van der Waals surface area contributed by atoms with Crippen LogP contribution in [0.2, 0.25) is 0 Å². The first-order valence-corrected chi connectivity index (χ1v) is 8.86. The lowest BCUT2D eigenvalue weighted by Crippen LogP contribution is -2.48. The molecule has 24 heavy (non-hydrogen) atoms. The average Bonchev–Trinajstić information content (AvgIpc) is 2.85. The highest BCUT2D eigenvalue weighted by atomic mass is 32.2. The van der Waals surface area contributed by atoms with Gasteiger partial charge in [-0.15, -0.1) is 11.8 Å². The molecule has 2 unspecified atom stereocenters. The van der Waals surface area contributed by atoms with Gasteiger partial charge in [0.2, 0.25) is 11.8 Å². The molecule has 0 aromatic heterocycles. The smallest absolute Gasteiger partial charge is 0.244 e. The third-order valence-corrected chi connectivity index (χ3v) is 5.10. The minimum Gasteiger partial charge on any atom is -0.347 e. The van der Waals surface area contributed by atoms with Crippen molar-refractivity contribution < 1.29 is 18.4 Å². The maximum Gasteiger partial charge on any atom is 0.244 e. The summed E-state index contributed by atoms with van der Waals surface area (Å²) in [6.45, 7) is 3.94. The van der Waals surface area contributed by atoms with E-state index in [1.807, 2.05) is 13.8 Å². The van der Waals surface area contributed by atoms with Crippen LogP contribution < -0.4 is 0 Å². The Balaban J connectivity index is 2.41. The summed E-state index contributed by atoms with van der Waals surface area (Å²) in [6.07, 6.45) is 0.489. The zero-order valence-electron chi connectivity index (χ0n) is 14.3. The third kappa shape index (κ3) is 3.88. The summed E-state index contributed by atoms with van der Waals surface area (Å²) in [4.78, 5) is 27.9. The van der Waals surface area contributed by atoms with E-state index < -0.39 is 23.1 Å². The number of thioether (sulfide) groups is 1. The Bertz CT molecular complexity index is 637. The number of amides is 2. The van der Waals surface area contributed by atoms with Crippen LogP contribution in [0, 0.1) is 17.6 Å². The van der Waals surface area contributed by atoms with Gasteiger partial charge in [-0.05, 0) is 18.4 Å². The lowest BCUT2D eigenvalue weighted by Gasteiger charge is -2.34. The average molecular weight is 356 g/mol. The molecule has 0 radical (unpaired) electrons. The van der Waals surface area contributed by atoms with Gasteiger partial charge in [0, 0.05) is 25.7 Å². The highest BCUT2D eigenvalue weighted by Gasteiger charge is 2.42. The van der Waals surface area contributed by atoms with Gasteiger partial charge < -0.3 is 9.80 Å². The predicted molar refractivity (Wildman–Crippen MR) is 90.3 cm³/mol. The zero-order chi connectivity index (χ0) is 18.0. The number of carbonyl (C=O) groups is 2. The molecule has 1 saturated heterocycles. The number of likely N-dealkylation sites (N-methyl/N-ethyl adjacent to an activating group) is 1. The molecule has 0 bridgehead atoms.